The van der Waals surface area contributed by atoms with Gasteiger partial charge in [-0.1, -0.05) is 23.7 Å². The van der Waals surface area contributed by atoms with E-state index < -0.39 is 0 Å². The van der Waals surface area contributed by atoms with Crippen molar-refractivity contribution in [1.29, 1.82) is 5.26 Å². The van der Waals surface area contributed by atoms with Gasteiger partial charge in [-0.2, -0.15) is 5.26 Å². The van der Waals surface area contributed by atoms with Crippen LogP contribution in [0.5, 0.6) is 0 Å². The Hall–Kier alpha value is -1.92. The van der Waals surface area contributed by atoms with E-state index in [-0.39, 0.29) is 0 Å². The molecule has 0 fully saturated rings. The average Bonchev–Trinajstić information content (AvgIpc) is 2.54. The highest BCUT2D eigenvalue weighted by molar-refractivity contribution is 6.30. The van der Waals surface area contributed by atoms with Crippen LogP contribution in [0.3, 0.4) is 0 Å². The number of nitrogens with one attached hydrogen (secondary N) is 1. The molecule has 80 valence electrons. The van der Waals surface area contributed by atoms with E-state index in [0.717, 1.165) is 16.8 Å². The summed E-state index contributed by atoms with van der Waals surface area (Å²) in [4.78, 5) is 3.00. The number of nitrogens with two attached hydrogens (primary N) is 1. The molecule has 1 heterocycles. The predicted octanol–water partition coefficient (Wildman–Crippen LogP) is 3.10. The van der Waals surface area contributed by atoms with Crippen LogP contribution in [0.1, 0.15) is 11.1 Å². The Kier molecular flexibility index (Phi) is 2.59. The number of rotatable bonds is 1. The van der Waals surface area contributed by atoms with Crippen molar-refractivity contribution in [3.63, 3.8) is 0 Å². The summed E-state index contributed by atoms with van der Waals surface area (Å²) in [5.74, 6) is 0.398. The normalized spacial score (nSPS) is 10.1. The first-order chi connectivity index (χ1) is 7.63. The Labute approximate surface area is 98.5 Å². The Morgan fingerprint density at radius 1 is 1.44 bits per heavy atom. The monoisotopic (exact) mass is 231 g/mol. The molecule has 3 nitrogen and oxygen atoms in total. The van der Waals surface area contributed by atoms with Gasteiger partial charge in [-0.15, -0.1) is 0 Å². The van der Waals surface area contributed by atoms with Gasteiger partial charge in [0.15, 0.2) is 0 Å². The van der Waals surface area contributed by atoms with E-state index in [2.05, 4.69) is 11.1 Å². The first-order valence-electron chi connectivity index (χ1n) is 4.77. The maximum absolute atomic E-state index is 8.94. The quantitative estimate of drug-likeness (QED) is 0.792. The molecule has 4 heteroatoms. The molecule has 1 aromatic heterocycles. The number of nitrogen functional groups attached to an aromatic ring is 1. The van der Waals surface area contributed by atoms with E-state index in [1.807, 2.05) is 25.1 Å². The van der Waals surface area contributed by atoms with E-state index >= 15 is 0 Å². The first kappa shape index (κ1) is 10.6. The minimum absolute atomic E-state index is 0.398. The van der Waals surface area contributed by atoms with E-state index in [0.29, 0.717) is 16.4 Å². The standard InChI is InChI=1S/C12H10ClN3/c1-7-10(6-14)12(15)16-11(7)8-3-2-4-9(13)5-8/h2-5,16H,15H2,1H3. The molecule has 0 radical (unpaired) electrons. The highest BCUT2D eigenvalue weighted by Gasteiger charge is 2.12. The van der Waals surface area contributed by atoms with Crippen molar-refractivity contribution in [2.45, 2.75) is 6.92 Å². The number of aromatic amines is 1. The number of H-pyrrole nitrogens is 1. The third kappa shape index (κ3) is 1.64. The average molecular weight is 232 g/mol. The summed E-state index contributed by atoms with van der Waals surface area (Å²) in [5, 5.41) is 9.59. The van der Waals surface area contributed by atoms with E-state index in [9.17, 15) is 0 Å². The maximum atomic E-state index is 8.94. The Morgan fingerprint density at radius 3 is 2.75 bits per heavy atom. The van der Waals surface area contributed by atoms with E-state index in [1.54, 1.807) is 6.07 Å². The molecule has 2 aromatic rings. The van der Waals surface area contributed by atoms with Crippen LogP contribution in [0, 0.1) is 18.3 Å². The van der Waals surface area contributed by atoms with Crippen LogP contribution >= 0.6 is 11.6 Å². The van der Waals surface area contributed by atoms with Crippen LogP contribution in [0.25, 0.3) is 11.3 Å². The smallest absolute Gasteiger partial charge is 0.119 e. The van der Waals surface area contributed by atoms with Crippen LogP contribution < -0.4 is 5.73 Å². The molecule has 0 unspecified atom stereocenters. The van der Waals surface area contributed by atoms with Crippen molar-refractivity contribution in [3.05, 3.63) is 40.4 Å². The molecular formula is C12H10ClN3. The number of anilines is 1. The van der Waals surface area contributed by atoms with Gasteiger partial charge in [-0.25, -0.2) is 0 Å². The summed E-state index contributed by atoms with van der Waals surface area (Å²) in [5.41, 5.74) is 8.83. The third-order valence-electron chi connectivity index (χ3n) is 2.50. The highest BCUT2D eigenvalue weighted by atomic mass is 35.5. The van der Waals surface area contributed by atoms with E-state index in [4.69, 9.17) is 22.6 Å². The van der Waals surface area contributed by atoms with E-state index in [1.165, 1.54) is 0 Å². The van der Waals surface area contributed by atoms with Gasteiger partial charge in [0, 0.05) is 5.02 Å². The third-order valence-corrected chi connectivity index (χ3v) is 2.74. The van der Waals surface area contributed by atoms with Crippen molar-refractivity contribution >= 4 is 17.4 Å². The fraction of sp³-hybridized carbons (Fsp3) is 0.0833. The van der Waals surface area contributed by atoms with Gasteiger partial charge in [-0.3, -0.25) is 0 Å². The molecule has 16 heavy (non-hydrogen) atoms. The molecule has 0 saturated carbocycles. The van der Waals surface area contributed by atoms with Crippen LogP contribution in [-0.4, -0.2) is 4.98 Å². The Morgan fingerprint density at radius 2 is 2.19 bits per heavy atom. The number of aromatic nitrogens is 1. The van der Waals surface area contributed by atoms with Gasteiger partial charge < -0.3 is 10.7 Å². The molecule has 1 aromatic carbocycles. The predicted molar refractivity (Wildman–Crippen MR) is 65.1 cm³/mol. The highest BCUT2D eigenvalue weighted by Crippen LogP contribution is 2.29. The maximum Gasteiger partial charge on any atom is 0.119 e. The van der Waals surface area contributed by atoms with Crippen molar-refractivity contribution in [2.75, 3.05) is 5.73 Å². The minimum atomic E-state index is 0.398. The zero-order valence-corrected chi connectivity index (χ0v) is 9.47. The second kappa shape index (κ2) is 3.92. The molecular weight excluding hydrogens is 222 g/mol. The molecule has 0 spiro atoms. The summed E-state index contributed by atoms with van der Waals surface area (Å²) < 4.78 is 0. The van der Waals surface area contributed by atoms with Crippen molar-refractivity contribution in [3.8, 4) is 17.3 Å². The van der Waals surface area contributed by atoms with Crippen molar-refractivity contribution in [1.82, 2.24) is 4.98 Å². The SMILES string of the molecule is Cc1c(-c2cccc(Cl)c2)[nH]c(N)c1C#N. The molecule has 0 aliphatic rings. The fourth-order valence-corrected chi connectivity index (χ4v) is 1.88. The molecule has 0 saturated heterocycles. The lowest BCUT2D eigenvalue weighted by atomic mass is 10.1. The second-order valence-electron chi connectivity index (χ2n) is 3.54. The number of benzene rings is 1. The molecule has 0 amide bonds. The van der Waals surface area contributed by atoms with Gasteiger partial charge in [0.1, 0.15) is 11.9 Å². The number of hydrogen-bond donors (Lipinski definition) is 2. The number of hydrogen-bond acceptors (Lipinski definition) is 2. The van der Waals surface area contributed by atoms with Crippen molar-refractivity contribution in [2.24, 2.45) is 0 Å². The molecule has 0 aliphatic carbocycles. The molecule has 0 atom stereocenters. The van der Waals surface area contributed by atoms with Crippen LogP contribution in [0.15, 0.2) is 24.3 Å². The van der Waals surface area contributed by atoms with Gasteiger partial charge in [0.05, 0.1) is 11.3 Å². The summed E-state index contributed by atoms with van der Waals surface area (Å²) in [7, 11) is 0. The molecule has 0 aliphatic heterocycles. The largest absolute Gasteiger partial charge is 0.384 e. The topological polar surface area (TPSA) is 65.6 Å². The van der Waals surface area contributed by atoms with Crippen LogP contribution in [0.2, 0.25) is 5.02 Å². The lowest BCUT2D eigenvalue weighted by molar-refractivity contribution is 1.38. The summed E-state index contributed by atoms with van der Waals surface area (Å²) in [6, 6.07) is 9.50. The first-order valence-corrected chi connectivity index (χ1v) is 5.15. The summed E-state index contributed by atoms with van der Waals surface area (Å²) >= 11 is 5.92. The Bertz CT molecular complexity index is 578. The van der Waals surface area contributed by atoms with Crippen molar-refractivity contribution < 1.29 is 0 Å². The summed E-state index contributed by atoms with van der Waals surface area (Å²) in [6.45, 7) is 1.86. The molecule has 0 bridgehead atoms. The van der Waals surface area contributed by atoms with Gasteiger partial charge in [-0.05, 0) is 30.2 Å². The zero-order chi connectivity index (χ0) is 11.7. The lowest BCUT2D eigenvalue weighted by Crippen LogP contribution is -1.87. The lowest BCUT2D eigenvalue weighted by Gasteiger charge is -2.00. The Balaban J connectivity index is 2.62. The number of halogens is 1. The van der Waals surface area contributed by atoms with Gasteiger partial charge in [0.25, 0.3) is 0 Å². The minimum Gasteiger partial charge on any atom is -0.384 e. The fourth-order valence-electron chi connectivity index (χ4n) is 1.69. The number of nitrogens with zero attached hydrogens (tertiary/aromatic N) is 1. The van der Waals surface area contributed by atoms with Crippen LogP contribution in [0.4, 0.5) is 5.82 Å². The summed E-state index contributed by atoms with van der Waals surface area (Å²) in [6.07, 6.45) is 0. The molecule has 3 N–H and O–H groups in total. The number of nitriles is 1. The van der Waals surface area contributed by atoms with Gasteiger partial charge >= 0.3 is 0 Å². The molecule has 2 rings (SSSR count). The van der Waals surface area contributed by atoms with Gasteiger partial charge in [0.2, 0.25) is 0 Å². The van der Waals surface area contributed by atoms with Crippen LogP contribution in [-0.2, 0) is 0 Å². The zero-order valence-electron chi connectivity index (χ0n) is 8.71. The second-order valence-corrected chi connectivity index (χ2v) is 3.97.